The molecule has 1 aliphatic heterocycles. The standard InChI is InChI=1S/C13H19N9.HI/c14-12(16-4-5-22-11-15-10-19-22)20-6-8-21(9-7-20)13-17-2-1-3-18-13;/h1-3,10-11H,4-9H2,(H2,14,16);1H. The second-order valence-electron chi connectivity index (χ2n) is 4.92. The van der Waals surface area contributed by atoms with Crippen LogP contribution in [-0.4, -0.2) is 68.3 Å². The van der Waals surface area contributed by atoms with Gasteiger partial charge in [0.1, 0.15) is 12.7 Å². The molecule has 2 aromatic heterocycles. The van der Waals surface area contributed by atoms with Gasteiger partial charge in [-0.2, -0.15) is 5.10 Å². The van der Waals surface area contributed by atoms with E-state index in [1.807, 2.05) is 6.07 Å². The molecule has 0 bridgehead atoms. The number of guanidine groups is 1. The van der Waals surface area contributed by atoms with Crippen molar-refractivity contribution in [2.24, 2.45) is 10.7 Å². The molecule has 2 N–H and O–H groups in total. The van der Waals surface area contributed by atoms with Crippen molar-refractivity contribution < 1.29 is 0 Å². The molecule has 0 aromatic carbocycles. The van der Waals surface area contributed by atoms with E-state index >= 15 is 0 Å². The third kappa shape index (κ3) is 4.74. The lowest BCUT2D eigenvalue weighted by Gasteiger charge is -2.35. The van der Waals surface area contributed by atoms with Crippen LogP contribution in [0.25, 0.3) is 0 Å². The van der Waals surface area contributed by atoms with Gasteiger partial charge in [-0.3, -0.25) is 9.67 Å². The summed E-state index contributed by atoms with van der Waals surface area (Å²) < 4.78 is 1.74. The summed E-state index contributed by atoms with van der Waals surface area (Å²) >= 11 is 0. The average molecular weight is 429 g/mol. The normalized spacial score (nSPS) is 15.4. The van der Waals surface area contributed by atoms with Crippen molar-refractivity contribution in [3.05, 3.63) is 31.1 Å². The van der Waals surface area contributed by atoms with E-state index < -0.39 is 0 Å². The maximum absolute atomic E-state index is 6.05. The van der Waals surface area contributed by atoms with E-state index in [9.17, 15) is 0 Å². The number of anilines is 1. The number of halogens is 1. The van der Waals surface area contributed by atoms with E-state index in [4.69, 9.17) is 5.73 Å². The Balaban J connectivity index is 0.00000192. The first kappa shape index (κ1) is 17.4. The van der Waals surface area contributed by atoms with Crippen molar-refractivity contribution in [1.29, 1.82) is 0 Å². The Labute approximate surface area is 151 Å². The molecule has 3 rings (SSSR count). The molecule has 3 heterocycles. The van der Waals surface area contributed by atoms with Gasteiger partial charge in [0.15, 0.2) is 5.96 Å². The number of piperazine rings is 1. The Kier molecular flexibility index (Phi) is 6.50. The van der Waals surface area contributed by atoms with Crippen molar-refractivity contribution in [2.45, 2.75) is 6.54 Å². The van der Waals surface area contributed by atoms with Crippen LogP contribution in [0.15, 0.2) is 36.1 Å². The monoisotopic (exact) mass is 429 g/mol. The first-order valence-corrected chi connectivity index (χ1v) is 7.22. The molecule has 0 amide bonds. The second-order valence-corrected chi connectivity index (χ2v) is 4.92. The van der Waals surface area contributed by atoms with Crippen LogP contribution in [0.3, 0.4) is 0 Å². The molecule has 9 nitrogen and oxygen atoms in total. The Hall–Kier alpha value is -1.98. The fourth-order valence-electron chi connectivity index (χ4n) is 2.31. The number of hydrogen-bond acceptors (Lipinski definition) is 6. The minimum Gasteiger partial charge on any atom is -0.370 e. The van der Waals surface area contributed by atoms with Crippen LogP contribution in [0.4, 0.5) is 5.95 Å². The Morgan fingerprint density at radius 3 is 2.57 bits per heavy atom. The first-order chi connectivity index (χ1) is 10.8. The summed E-state index contributed by atoms with van der Waals surface area (Å²) in [5.74, 6) is 1.34. The highest BCUT2D eigenvalue weighted by Crippen LogP contribution is 2.09. The predicted octanol–water partition coefficient (Wildman–Crippen LogP) is -0.177. The van der Waals surface area contributed by atoms with Crippen molar-refractivity contribution in [3.8, 4) is 0 Å². The number of aromatic nitrogens is 5. The summed E-state index contributed by atoms with van der Waals surface area (Å²) in [6, 6.07) is 1.82. The molecule has 124 valence electrons. The van der Waals surface area contributed by atoms with Crippen molar-refractivity contribution in [2.75, 3.05) is 37.6 Å². The highest BCUT2D eigenvalue weighted by atomic mass is 127. The Morgan fingerprint density at radius 1 is 1.17 bits per heavy atom. The fraction of sp³-hybridized carbons (Fsp3) is 0.462. The summed E-state index contributed by atoms with van der Waals surface area (Å²) in [5, 5.41) is 4.03. The van der Waals surface area contributed by atoms with Crippen LogP contribution in [-0.2, 0) is 6.54 Å². The lowest BCUT2D eigenvalue weighted by molar-refractivity contribution is 0.377. The molecule has 1 fully saturated rings. The van der Waals surface area contributed by atoms with Crippen molar-refractivity contribution >= 4 is 35.9 Å². The summed E-state index contributed by atoms with van der Waals surface area (Å²) in [6.45, 7) is 4.58. The number of hydrogen-bond donors (Lipinski definition) is 1. The molecule has 0 radical (unpaired) electrons. The lowest BCUT2D eigenvalue weighted by Crippen LogP contribution is -2.51. The third-order valence-corrected chi connectivity index (χ3v) is 3.51. The minimum atomic E-state index is 0. The lowest BCUT2D eigenvalue weighted by atomic mass is 10.3. The second kappa shape index (κ2) is 8.60. The first-order valence-electron chi connectivity index (χ1n) is 7.22. The number of rotatable bonds is 4. The molecule has 1 aliphatic rings. The van der Waals surface area contributed by atoms with E-state index in [0.717, 1.165) is 32.1 Å². The van der Waals surface area contributed by atoms with Gasteiger partial charge in [0.05, 0.1) is 13.1 Å². The van der Waals surface area contributed by atoms with Gasteiger partial charge in [-0.15, -0.1) is 24.0 Å². The maximum Gasteiger partial charge on any atom is 0.225 e. The number of aliphatic imine (C=N–C) groups is 1. The van der Waals surface area contributed by atoms with Gasteiger partial charge in [-0.25, -0.2) is 15.0 Å². The zero-order valence-corrected chi connectivity index (χ0v) is 15.0. The zero-order chi connectivity index (χ0) is 15.2. The van der Waals surface area contributed by atoms with Crippen LogP contribution in [0, 0.1) is 0 Å². The SMILES string of the molecule is I.NC(=NCCn1cncn1)N1CCN(c2ncccn2)CC1. The van der Waals surface area contributed by atoms with Crippen LogP contribution >= 0.6 is 24.0 Å². The molecule has 0 spiro atoms. The van der Waals surface area contributed by atoms with Crippen LogP contribution in [0.2, 0.25) is 0 Å². The molecule has 0 saturated carbocycles. The van der Waals surface area contributed by atoms with E-state index in [0.29, 0.717) is 19.0 Å². The Morgan fingerprint density at radius 2 is 1.91 bits per heavy atom. The van der Waals surface area contributed by atoms with Crippen LogP contribution in [0.5, 0.6) is 0 Å². The van der Waals surface area contributed by atoms with Gasteiger partial charge in [0.25, 0.3) is 0 Å². The number of nitrogens with zero attached hydrogens (tertiary/aromatic N) is 8. The third-order valence-electron chi connectivity index (χ3n) is 3.51. The smallest absolute Gasteiger partial charge is 0.225 e. The van der Waals surface area contributed by atoms with Crippen LogP contribution in [0.1, 0.15) is 0 Å². The van der Waals surface area contributed by atoms with E-state index in [1.54, 1.807) is 23.4 Å². The van der Waals surface area contributed by atoms with Gasteiger partial charge in [-0.1, -0.05) is 0 Å². The highest BCUT2D eigenvalue weighted by molar-refractivity contribution is 14.0. The zero-order valence-electron chi connectivity index (χ0n) is 12.7. The largest absolute Gasteiger partial charge is 0.370 e. The quantitative estimate of drug-likeness (QED) is 0.409. The minimum absolute atomic E-state index is 0. The molecule has 0 aliphatic carbocycles. The van der Waals surface area contributed by atoms with Gasteiger partial charge >= 0.3 is 0 Å². The van der Waals surface area contributed by atoms with Crippen molar-refractivity contribution in [1.82, 2.24) is 29.6 Å². The Bertz CT molecular complexity index is 593. The molecule has 0 unspecified atom stereocenters. The topological polar surface area (TPSA) is 101 Å². The van der Waals surface area contributed by atoms with E-state index in [2.05, 4.69) is 34.8 Å². The van der Waals surface area contributed by atoms with Gasteiger partial charge in [0.2, 0.25) is 5.95 Å². The van der Waals surface area contributed by atoms with Gasteiger partial charge < -0.3 is 15.5 Å². The summed E-state index contributed by atoms with van der Waals surface area (Å²) in [4.78, 5) is 21.1. The maximum atomic E-state index is 6.05. The van der Waals surface area contributed by atoms with Gasteiger partial charge in [-0.05, 0) is 6.07 Å². The van der Waals surface area contributed by atoms with E-state index in [-0.39, 0.29) is 24.0 Å². The fourth-order valence-corrected chi connectivity index (χ4v) is 2.31. The summed E-state index contributed by atoms with van der Waals surface area (Å²) in [5.41, 5.74) is 6.05. The highest BCUT2D eigenvalue weighted by Gasteiger charge is 2.19. The molecule has 23 heavy (non-hydrogen) atoms. The van der Waals surface area contributed by atoms with Crippen LogP contribution < -0.4 is 10.6 Å². The molecule has 2 aromatic rings. The molecule has 10 heteroatoms. The average Bonchev–Trinajstić information content (AvgIpc) is 3.09. The molecular weight excluding hydrogens is 409 g/mol. The summed E-state index contributed by atoms with van der Waals surface area (Å²) in [7, 11) is 0. The predicted molar refractivity (Wildman–Crippen MR) is 97.7 cm³/mol. The summed E-state index contributed by atoms with van der Waals surface area (Å²) in [6.07, 6.45) is 6.70. The van der Waals surface area contributed by atoms with Gasteiger partial charge in [0, 0.05) is 38.6 Å². The molecule has 0 atom stereocenters. The molecular formula is C13H20IN9. The van der Waals surface area contributed by atoms with E-state index in [1.165, 1.54) is 6.33 Å². The molecule has 1 saturated heterocycles. The number of nitrogens with two attached hydrogens (primary N) is 1. The van der Waals surface area contributed by atoms with Crippen molar-refractivity contribution in [3.63, 3.8) is 0 Å².